The molecule has 224 valence electrons. The van der Waals surface area contributed by atoms with Gasteiger partial charge in [0.2, 0.25) is 16.3 Å². The number of amides is 1. The van der Waals surface area contributed by atoms with Gasteiger partial charge in [0, 0.05) is 36.4 Å². The summed E-state index contributed by atoms with van der Waals surface area (Å²) in [6.45, 7) is -0.0237. The number of nitrogens with zero attached hydrogens (tertiary/aromatic N) is 1. The Labute approximate surface area is 255 Å². The van der Waals surface area contributed by atoms with Gasteiger partial charge in [-0.1, -0.05) is 58.4 Å². The lowest BCUT2D eigenvalue weighted by atomic mass is 9.93. The summed E-state index contributed by atoms with van der Waals surface area (Å²) in [5.74, 6) is 0.202. The Kier molecular flexibility index (Phi) is 11.6. The zero-order valence-corrected chi connectivity index (χ0v) is 25.7. The van der Waals surface area contributed by atoms with Gasteiger partial charge in [0.1, 0.15) is 5.75 Å². The first-order valence-electron chi connectivity index (χ1n) is 13.6. The highest BCUT2D eigenvalue weighted by molar-refractivity contribution is 9.10. The second-order valence-electron chi connectivity index (χ2n) is 9.64. The largest absolute Gasteiger partial charge is 0.497 e. The number of rotatable bonds is 14. The fourth-order valence-corrected chi connectivity index (χ4v) is 6.24. The monoisotopic (exact) mass is 658 g/mol. The van der Waals surface area contributed by atoms with Crippen LogP contribution in [0.5, 0.6) is 5.75 Å². The van der Waals surface area contributed by atoms with Crippen LogP contribution in [-0.2, 0) is 30.7 Å². The van der Waals surface area contributed by atoms with Gasteiger partial charge in [0.05, 0.1) is 25.2 Å². The molecule has 2 N–H and O–H groups in total. The molecule has 2 atom stereocenters. The summed E-state index contributed by atoms with van der Waals surface area (Å²) in [6, 6.07) is 23.7. The van der Waals surface area contributed by atoms with Crippen LogP contribution < -0.4 is 10.1 Å². The number of methoxy groups -OCH3 is 1. The second-order valence-corrected chi connectivity index (χ2v) is 12.5. The predicted octanol–water partition coefficient (Wildman–Crippen LogP) is 4.23. The average Bonchev–Trinajstić information content (AvgIpc) is 3.01. The molecular weight excluding hydrogens is 624 g/mol. The van der Waals surface area contributed by atoms with Crippen LogP contribution in [0.2, 0.25) is 0 Å². The van der Waals surface area contributed by atoms with Gasteiger partial charge in [-0.15, -0.1) is 0 Å². The van der Waals surface area contributed by atoms with Crippen molar-refractivity contribution >= 4 is 31.9 Å². The molecule has 42 heavy (non-hydrogen) atoms. The van der Waals surface area contributed by atoms with Crippen LogP contribution in [0.3, 0.4) is 0 Å². The minimum absolute atomic E-state index is 0.00395. The number of sulfonamides is 1. The molecule has 0 aliphatic carbocycles. The van der Waals surface area contributed by atoms with Gasteiger partial charge in [0.15, 0.2) is 5.76 Å². The number of ether oxygens (including phenoxy) is 3. The maximum Gasteiger partial charge on any atom is 0.286 e. The van der Waals surface area contributed by atoms with Crippen LogP contribution in [0.15, 0.2) is 100 Å². The molecule has 0 unspecified atom stereocenters. The maximum absolute atomic E-state index is 13.2. The van der Waals surface area contributed by atoms with Crippen LogP contribution in [-0.4, -0.2) is 70.0 Å². The van der Waals surface area contributed by atoms with E-state index < -0.39 is 16.3 Å². The van der Waals surface area contributed by atoms with E-state index in [-0.39, 0.29) is 48.8 Å². The van der Waals surface area contributed by atoms with E-state index in [1.54, 1.807) is 18.2 Å². The average molecular weight is 660 g/mol. The highest BCUT2D eigenvalue weighted by Crippen LogP contribution is 2.32. The Morgan fingerprint density at radius 3 is 2.43 bits per heavy atom. The molecule has 1 heterocycles. The molecule has 3 aromatic carbocycles. The van der Waals surface area contributed by atoms with Crippen molar-refractivity contribution in [2.45, 2.75) is 29.9 Å². The standard InChI is InChI=1S/C31H35BrN2O7S/c1-39-27-11-13-28(14-12-27)42(37,38)34(17-19-35)18-20-40-30-22-25(24-7-9-26(32)10-8-24)21-29(41-30)31(36)33-16-15-23-5-3-2-4-6-23/h2-14,21,25,30,35H,15-20,22H2,1H3,(H,33,36)/t25-,30+/m1/s1. The SMILES string of the molecule is COc1ccc(S(=O)(=O)N(CCO)CCO[C@@H]2C[C@H](c3ccc(Br)cc3)C=C(C(=O)NCCc3ccccc3)O2)cc1. The number of halogens is 1. The summed E-state index contributed by atoms with van der Waals surface area (Å²) in [5, 5.41) is 12.5. The van der Waals surface area contributed by atoms with E-state index in [1.165, 1.54) is 19.2 Å². The maximum atomic E-state index is 13.2. The Bertz CT molecular complexity index is 1430. The summed E-state index contributed by atoms with van der Waals surface area (Å²) in [4.78, 5) is 13.2. The third-order valence-electron chi connectivity index (χ3n) is 6.81. The van der Waals surface area contributed by atoms with E-state index in [0.29, 0.717) is 25.1 Å². The second kappa shape index (κ2) is 15.3. The van der Waals surface area contributed by atoms with Crippen molar-refractivity contribution in [3.05, 3.63) is 106 Å². The molecule has 0 saturated heterocycles. The summed E-state index contributed by atoms with van der Waals surface area (Å²) in [6.07, 6.45) is 2.14. The fraction of sp³-hybridized carbons (Fsp3) is 0.323. The van der Waals surface area contributed by atoms with Gasteiger partial charge in [-0.2, -0.15) is 4.31 Å². The molecule has 1 amide bonds. The minimum atomic E-state index is -3.89. The molecule has 1 aliphatic heterocycles. The van der Waals surface area contributed by atoms with E-state index >= 15 is 0 Å². The van der Waals surface area contributed by atoms with Crippen molar-refractivity contribution in [1.82, 2.24) is 9.62 Å². The first kappa shape index (κ1) is 31.7. The summed E-state index contributed by atoms with van der Waals surface area (Å²) in [7, 11) is -2.39. The molecule has 3 aromatic rings. The topological polar surface area (TPSA) is 114 Å². The lowest BCUT2D eigenvalue weighted by Gasteiger charge is -2.30. The highest BCUT2D eigenvalue weighted by Gasteiger charge is 2.30. The number of hydrogen-bond acceptors (Lipinski definition) is 7. The van der Waals surface area contributed by atoms with Crippen molar-refractivity contribution in [1.29, 1.82) is 0 Å². The third kappa shape index (κ3) is 8.65. The lowest BCUT2D eigenvalue weighted by molar-refractivity contribution is -0.146. The van der Waals surface area contributed by atoms with E-state index in [9.17, 15) is 18.3 Å². The van der Waals surface area contributed by atoms with Crippen molar-refractivity contribution in [3.8, 4) is 5.75 Å². The molecule has 0 fully saturated rings. The van der Waals surface area contributed by atoms with Gasteiger partial charge in [0.25, 0.3) is 5.91 Å². The molecule has 1 aliphatic rings. The van der Waals surface area contributed by atoms with Gasteiger partial charge < -0.3 is 24.6 Å². The number of hydrogen-bond donors (Lipinski definition) is 2. The first-order valence-corrected chi connectivity index (χ1v) is 15.9. The predicted molar refractivity (Wildman–Crippen MR) is 162 cm³/mol. The molecule has 0 aromatic heterocycles. The van der Waals surface area contributed by atoms with Crippen molar-refractivity contribution in [2.75, 3.05) is 40.0 Å². The number of aliphatic hydroxyl groups is 1. The number of carbonyl (C=O) groups excluding carboxylic acids is 1. The zero-order valence-electron chi connectivity index (χ0n) is 23.3. The van der Waals surface area contributed by atoms with Crippen LogP contribution in [0.4, 0.5) is 0 Å². The molecule has 4 rings (SSSR count). The fourth-order valence-electron chi connectivity index (χ4n) is 4.56. The van der Waals surface area contributed by atoms with Crippen LogP contribution in [0.25, 0.3) is 0 Å². The molecule has 9 nitrogen and oxygen atoms in total. The highest BCUT2D eigenvalue weighted by atomic mass is 79.9. The molecule has 0 saturated carbocycles. The number of allylic oxidation sites excluding steroid dienone is 1. The van der Waals surface area contributed by atoms with Crippen LogP contribution in [0, 0.1) is 0 Å². The van der Waals surface area contributed by atoms with Gasteiger partial charge in [-0.25, -0.2) is 8.42 Å². The Balaban J connectivity index is 1.42. The first-order chi connectivity index (χ1) is 20.3. The molecular formula is C31H35BrN2O7S. The summed E-state index contributed by atoms with van der Waals surface area (Å²) < 4.78 is 45.6. The van der Waals surface area contributed by atoms with E-state index in [2.05, 4.69) is 21.2 Å². The molecule has 0 bridgehead atoms. The van der Waals surface area contributed by atoms with Crippen molar-refractivity contribution < 1.29 is 32.5 Å². The minimum Gasteiger partial charge on any atom is -0.497 e. The van der Waals surface area contributed by atoms with Gasteiger partial charge >= 0.3 is 0 Å². The third-order valence-corrected chi connectivity index (χ3v) is 9.25. The Hall–Kier alpha value is -3.22. The molecule has 0 spiro atoms. The normalized spacial score (nSPS) is 16.9. The van der Waals surface area contributed by atoms with Gasteiger partial charge in [-0.3, -0.25) is 4.79 Å². The van der Waals surface area contributed by atoms with Crippen LogP contribution >= 0.6 is 15.9 Å². The number of aliphatic hydroxyl groups excluding tert-OH is 1. The van der Waals surface area contributed by atoms with E-state index in [0.717, 1.165) is 19.9 Å². The van der Waals surface area contributed by atoms with Gasteiger partial charge in [-0.05, 0) is 60.0 Å². The Morgan fingerprint density at radius 2 is 1.76 bits per heavy atom. The summed E-state index contributed by atoms with van der Waals surface area (Å²) in [5.41, 5.74) is 2.11. The Morgan fingerprint density at radius 1 is 1.05 bits per heavy atom. The summed E-state index contributed by atoms with van der Waals surface area (Å²) >= 11 is 3.46. The number of nitrogens with one attached hydrogen (secondary N) is 1. The smallest absolute Gasteiger partial charge is 0.286 e. The van der Waals surface area contributed by atoms with Crippen LogP contribution in [0.1, 0.15) is 23.5 Å². The zero-order chi connectivity index (χ0) is 30.0. The molecule has 11 heteroatoms. The van der Waals surface area contributed by atoms with E-state index in [1.807, 2.05) is 54.6 Å². The van der Waals surface area contributed by atoms with Crippen molar-refractivity contribution in [3.63, 3.8) is 0 Å². The van der Waals surface area contributed by atoms with E-state index in [4.69, 9.17) is 14.2 Å². The quantitative estimate of drug-likeness (QED) is 0.266. The number of carbonyl (C=O) groups is 1. The molecule has 0 radical (unpaired) electrons. The lowest BCUT2D eigenvalue weighted by Crippen LogP contribution is -2.38. The van der Waals surface area contributed by atoms with Crippen molar-refractivity contribution in [2.24, 2.45) is 0 Å². The number of benzene rings is 3.